The molecule has 1 aliphatic heterocycles. The Hall–Kier alpha value is -0.610. The maximum atomic E-state index is 9.29. The van der Waals surface area contributed by atoms with Crippen molar-refractivity contribution in [3.8, 4) is 0 Å². The summed E-state index contributed by atoms with van der Waals surface area (Å²) < 4.78 is 0. The Labute approximate surface area is 101 Å². The quantitative estimate of drug-likeness (QED) is 0.882. The van der Waals surface area contributed by atoms with Gasteiger partial charge in [-0.15, -0.1) is 0 Å². The van der Waals surface area contributed by atoms with Crippen LogP contribution in [0.4, 0.5) is 5.13 Å². The lowest BCUT2D eigenvalue weighted by atomic mass is 10.0. The third-order valence-corrected chi connectivity index (χ3v) is 4.48. The van der Waals surface area contributed by atoms with Crippen molar-refractivity contribution in [1.82, 2.24) is 4.98 Å². The van der Waals surface area contributed by atoms with Gasteiger partial charge in [0.1, 0.15) is 0 Å². The number of nitrogens with zero attached hydrogens (tertiary/aromatic N) is 2. The molecule has 2 heterocycles. The van der Waals surface area contributed by atoms with Gasteiger partial charge in [-0.3, -0.25) is 0 Å². The topological polar surface area (TPSA) is 36.4 Å². The van der Waals surface area contributed by atoms with Crippen molar-refractivity contribution >= 4 is 16.5 Å². The Morgan fingerprint density at radius 3 is 2.69 bits per heavy atom. The highest BCUT2D eigenvalue weighted by molar-refractivity contribution is 7.15. The van der Waals surface area contributed by atoms with E-state index in [1.807, 2.05) is 0 Å². The summed E-state index contributed by atoms with van der Waals surface area (Å²) in [5.41, 5.74) is 1.28. The highest BCUT2D eigenvalue weighted by Gasteiger charge is 2.34. The van der Waals surface area contributed by atoms with E-state index in [0.717, 1.165) is 28.7 Å². The highest BCUT2D eigenvalue weighted by atomic mass is 32.1. The van der Waals surface area contributed by atoms with E-state index < -0.39 is 0 Å². The molecule has 0 aromatic carbocycles. The van der Waals surface area contributed by atoms with Crippen LogP contribution >= 0.6 is 11.3 Å². The van der Waals surface area contributed by atoms with E-state index in [2.05, 4.69) is 30.7 Å². The Morgan fingerprint density at radius 1 is 1.50 bits per heavy atom. The fourth-order valence-electron chi connectivity index (χ4n) is 2.35. The molecule has 0 bridgehead atoms. The smallest absolute Gasteiger partial charge is 0.186 e. The van der Waals surface area contributed by atoms with Crippen molar-refractivity contribution in [2.45, 2.75) is 52.2 Å². The molecule has 0 atom stereocenters. The second-order valence-electron chi connectivity index (χ2n) is 4.95. The Balaban J connectivity index is 2.30. The number of hydrogen-bond acceptors (Lipinski definition) is 4. The van der Waals surface area contributed by atoms with Crippen LogP contribution in [0.2, 0.25) is 0 Å². The van der Waals surface area contributed by atoms with Gasteiger partial charge in [0, 0.05) is 12.1 Å². The average Bonchev–Trinajstić information content (AvgIpc) is 2.80. The monoisotopic (exact) mass is 240 g/mol. The van der Waals surface area contributed by atoms with Crippen molar-refractivity contribution in [2.75, 3.05) is 11.4 Å². The van der Waals surface area contributed by atoms with Crippen molar-refractivity contribution in [3.63, 3.8) is 0 Å². The molecule has 1 aromatic heterocycles. The summed E-state index contributed by atoms with van der Waals surface area (Å²) in [6, 6.07) is 0. The van der Waals surface area contributed by atoms with Crippen LogP contribution in [0.5, 0.6) is 0 Å². The largest absolute Gasteiger partial charge is 0.391 e. The molecule has 1 fully saturated rings. The first-order valence-electron chi connectivity index (χ1n) is 5.95. The van der Waals surface area contributed by atoms with Crippen LogP contribution in [-0.2, 0) is 13.0 Å². The molecule has 2 rings (SSSR count). The number of thiazole rings is 1. The van der Waals surface area contributed by atoms with Crippen LogP contribution in [-0.4, -0.2) is 22.2 Å². The van der Waals surface area contributed by atoms with Crippen LogP contribution in [0.15, 0.2) is 0 Å². The van der Waals surface area contributed by atoms with Crippen LogP contribution in [0.1, 0.15) is 44.2 Å². The molecule has 0 aliphatic carbocycles. The molecule has 1 saturated heterocycles. The standard InChI is InChI=1S/C12H20N2OS/c1-4-9-10(8-15)16-11(13-9)14-7-5-6-12(14,2)3/h15H,4-8H2,1-3H3. The zero-order valence-electron chi connectivity index (χ0n) is 10.3. The third kappa shape index (κ3) is 1.96. The zero-order valence-corrected chi connectivity index (χ0v) is 11.1. The summed E-state index contributed by atoms with van der Waals surface area (Å²) in [4.78, 5) is 8.07. The molecule has 90 valence electrons. The molecular weight excluding hydrogens is 220 g/mol. The Kier molecular flexibility index (Phi) is 3.22. The molecule has 3 nitrogen and oxygen atoms in total. The molecular formula is C12H20N2OS. The van der Waals surface area contributed by atoms with E-state index in [1.165, 1.54) is 12.8 Å². The molecule has 1 N–H and O–H groups in total. The summed E-state index contributed by atoms with van der Waals surface area (Å²) in [6.45, 7) is 7.84. The fraction of sp³-hybridized carbons (Fsp3) is 0.750. The lowest BCUT2D eigenvalue weighted by molar-refractivity contribution is 0.284. The van der Waals surface area contributed by atoms with Gasteiger partial charge in [-0.05, 0) is 33.1 Å². The van der Waals surface area contributed by atoms with Gasteiger partial charge >= 0.3 is 0 Å². The summed E-state index contributed by atoms with van der Waals surface area (Å²) in [5.74, 6) is 0. The Bertz CT molecular complexity index is 352. The van der Waals surface area contributed by atoms with Crippen LogP contribution in [0, 0.1) is 0 Å². The van der Waals surface area contributed by atoms with Gasteiger partial charge in [-0.25, -0.2) is 4.98 Å². The summed E-state index contributed by atoms with van der Waals surface area (Å²) in [6.07, 6.45) is 3.37. The number of anilines is 1. The van der Waals surface area contributed by atoms with Crippen molar-refractivity contribution in [1.29, 1.82) is 0 Å². The van der Waals surface area contributed by atoms with Gasteiger partial charge in [0.05, 0.1) is 17.2 Å². The lowest BCUT2D eigenvalue weighted by Crippen LogP contribution is -2.38. The summed E-state index contributed by atoms with van der Waals surface area (Å²) in [5, 5.41) is 10.4. The molecule has 0 unspecified atom stereocenters. The fourth-order valence-corrected chi connectivity index (χ4v) is 3.54. The predicted molar refractivity (Wildman–Crippen MR) is 68.1 cm³/mol. The third-order valence-electron chi connectivity index (χ3n) is 3.38. The summed E-state index contributed by atoms with van der Waals surface area (Å²) >= 11 is 1.65. The first kappa shape index (κ1) is 11.9. The molecule has 0 spiro atoms. The molecule has 0 saturated carbocycles. The first-order valence-corrected chi connectivity index (χ1v) is 6.77. The minimum absolute atomic E-state index is 0.120. The van der Waals surface area contributed by atoms with E-state index >= 15 is 0 Å². The second-order valence-corrected chi connectivity index (χ2v) is 6.01. The molecule has 1 aliphatic rings. The van der Waals surface area contributed by atoms with Gasteiger partial charge in [-0.1, -0.05) is 18.3 Å². The van der Waals surface area contributed by atoms with Crippen molar-refractivity contribution in [3.05, 3.63) is 10.6 Å². The van der Waals surface area contributed by atoms with E-state index in [4.69, 9.17) is 0 Å². The molecule has 1 aromatic rings. The molecule has 16 heavy (non-hydrogen) atoms. The number of aryl methyl sites for hydroxylation is 1. The maximum Gasteiger partial charge on any atom is 0.186 e. The van der Waals surface area contributed by atoms with Gasteiger partial charge in [0.2, 0.25) is 0 Å². The minimum Gasteiger partial charge on any atom is -0.391 e. The predicted octanol–water partition coefficient (Wildman–Crippen LogP) is 2.58. The number of rotatable bonds is 3. The Morgan fingerprint density at radius 2 is 2.25 bits per heavy atom. The van der Waals surface area contributed by atoms with Gasteiger partial charge < -0.3 is 10.0 Å². The minimum atomic E-state index is 0.120. The van der Waals surface area contributed by atoms with E-state index in [-0.39, 0.29) is 12.1 Å². The molecule has 0 radical (unpaired) electrons. The first-order chi connectivity index (χ1) is 7.58. The van der Waals surface area contributed by atoms with Crippen LogP contribution in [0.3, 0.4) is 0 Å². The highest BCUT2D eigenvalue weighted by Crippen LogP contribution is 2.37. The lowest BCUT2D eigenvalue weighted by Gasteiger charge is -2.31. The zero-order chi connectivity index (χ0) is 11.8. The van der Waals surface area contributed by atoms with Crippen LogP contribution in [0.25, 0.3) is 0 Å². The van der Waals surface area contributed by atoms with Gasteiger partial charge in [0.15, 0.2) is 5.13 Å². The van der Waals surface area contributed by atoms with Gasteiger partial charge in [0.25, 0.3) is 0 Å². The van der Waals surface area contributed by atoms with Crippen molar-refractivity contribution in [2.24, 2.45) is 0 Å². The molecule has 4 heteroatoms. The number of aliphatic hydroxyl groups excluding tert-OH is 1. The summed E-state index contributed by atoms with van der Waals surface area (Å²) in [7, 11) is 0. The molecule has 0 amide bonds. The number of aliphatic hydroxyl groups is 1. The van der Waals surface area contributed by atoms with E-state index in [1.54, 1.807) is 11.3 Å². The van der Waals surface area contributed by atoms with Crippen molar-refractivity contribution < 1.29 is 5.11 Å². The number of hydrogen-bond donors (Lipinski definition) is 1. The SMILES string of the molecule is CCc1nc(N2CCCC2(C)C)sc1CO. The number of aromatic nitrogens is 1. The second kappa shape index (κ2) is 4.34. The van der Waals surface area contributed by atoms with Gasteiger partial charge in [-0.2, -0.15) is 0 Å². The maximum absolute atomic E-state index is 9.29. The van der Waals surface area contributed by atoms with E-state index in [9.17, 15) is 5.11 Å². The average molecular weight is 240 g/mol. The normalized spacial score (nSPS) is 19.4. The van der Waals surface area contributed by atoms with E-state index in [0.29, 0.717) is 0 Å². The van der Waals surface area contributed by atoms with Crippen LogP contribution < -0.4 is 4.90 Å².